The van der Waals surface area contributed by atoms with Gasteiger partial charge in [0.1, 0.15) is 0 Å². The Labute approximate surface area is 105 Å². The second kappa shape index (κ2) is 4.98. The summed E-state index contributed by atoms with van der Waals surface area (Å²) in [6.07, 6.45) is 0. The molecular formula is C13H13N3S. The molecule has 0 aliphatic carbocycles. The van der Waals surface area contributed by atoms with Crippen molar-refractivity contribution in [1.29, 1.82) is 5.26 Å². The maximum absolute atomic E-state index is 8.87. The molecule has 0 saturated heterocycles. The van der Waals surface area contributed by atoms with Crippen LogP contribution >= 0.6 is 11.3 Å². The van der Waals surface area contributed by atoms with E-state index in [9.17, 15) is 0 Å². The predicted octanol–water partition coefficient (Wildman–Crippen LogP) is 2.96. The highest BCUT2D eigenvalue weighted by Gasteiger charge is 2.06. The molecule has 1 heterocycles. The number of aryl methyl sites for hydroxylation is 1. The van der Waals surface area contributed by atoms with Crippen LogP contribution in [0.4, 0.5) is 5.69 Å². The topological polar surface area (TPSA) is 39.9 Å². The van der Waals surface area contributed by atoms with Crippen molar-refractivity contribution in [2.24, 2.45) is 0 Å². The Morgan fingerprint density at radius 1 is 1.47 bits per heavy atom. The van der Waals surface area contributed by atoms with Crippen molar-refractivity contribution < 1.29 is 0 Å². The zero-order chi connectivity index (χ0) is 12.3. The summed E-state index contributed by atoms with van der Waals surface area (Å²) in [6, 6.07) is 9.79. The molecule has 1 aromatic carbocycles. The first-order valence-corrected chi connectivity index (χ1v) is 6.19. The molecule has 2 aromatic rings. The summed E-state index contributed by atoms with van der Waals surface area (Å²) < 4.78 is 0. The van der Waals surface area contributed by atoms with Crippen LogP contribution in [-0.2, 0) is 6.54 Å². The molecule has 0 spiro atoms. The van der Waals surface area contributed by atoms with Crippen LogP contribution in [0, 0.1) is 18.3 Å². The number of aromatic nitrogens is 1. The summed E-state index contributed by atoms with van der Waals surface area (Å²) >= 11 is 1.66. The largest absolute Gasteiger partial charge is 0.369 e. The monoisotopic (exact) mass is 243 g/mol. The fraction of sp³-hybridized carbons (Fsp3) is 0.231. The summed E-state index contributed by atoms with van der Waals surface area (Å²) in [7, 11) is 2.02. The Morgan fingerprint density at radius 2 is 2.29 bits per heavy atom. The molecular weight excluding hydrogens is 230 g/mol. The zero-order valence-corrected chi connectivity index (χ0v) is 10.7. The highest BCUT2D eigenvalue weighted by Crippen LogP contribution is 2.20. The molecule has 2 rings (SSSR count). The second-order valence-electron chi connectivity index (χ2n) is 3.88. The van der Waals surface area contributed by atoms with Gasteiger partial charge in [-0.05, 0) is 25.1 Å². The van der Waals surface area contributed by atoms with E-state index < -0.39 is 0 Å². The molecule has 0 bridgehead atoms. The Balaban J connectivity index is 2.17. The summed E-state index contributed by atoms with van der Waals surface area (Å²) in [6.45, 7) is 2.84. The molecule has 0 aliphatic heterocycles. The van der Waals surface area contributed by atoms with Crippen LogP contribution in [0.5, 0.6) is 0 Å². The number of nitriles is 1. The lowest BCUT2D eigenvalue weighted by molar-refractivity contribution is 0.926. The number of anilines is 1. The molecule has 0 aliphatic rings. The van der Waals surface area contributed by atoms with E-state index in [4.69, 9.17) is 5.26 Å². The van der Waals surface area contributed by atoms with E-state index in [0.29, 0.717) is 5.56 Å². The van der Waals surface area contributed by atoms with Crippen LogP contribution < -0.4 is 4.90 Å². The Bertz CT molecular complexity index is 554. The standard InChI is InChI=1S/C13H13N3S/c1-10-13(17-9-15-10)8-16(2)12-5-3-4-11(6-12)7-14/h3-6,9H,8H2,1-2H3. The van der Waals surface area contributed by atoms with E-state index >= 15 is 0 Å². The molecule has 3 nitrogen and oxygen atoms in total. The van der Waals surface area contributed by atoms with Crippen LogP contribution in [0.2, 0.25) is 0 Å². The third-order valence-electron chi connectivity index (χ3n) is 2.64. The Kier molecular flexibility index (Phi) is 3.40. The molecule has 1 aromatic heterocycles. The van der Waals surface area contributed by atoms with Gasteiger partial charge in [-0.2, -0.15) is 5.26 Å². The van der Waals surface area contributed by atoms with Crippen molar-refractivity contribution in [3.63, 3.8) is 0 Å². The SMILES string of the molecule is Cc1ncsc1CN(C)c1cccc(C#N)c1. The van der Waals surface area contributed by atoms with Crippen molar-refractivity contribution in [3.05, 3.63) is 45.9 Å². The molecule has 17 heavy (non-hydrogen) atoms. The van der Waals surface area contributed by atoms with Crippen LogP contribution in [0.15, 0.2) is 29.8 Å². The minimum absolute atomic E-state index is 0.690. The lowest BCUT2D eigenvalue weighted by atomic mass is 10.2. The van der Waals surface area contributed by atoms with E-state index in [1.54, 1.807) is 11.3 Å². The number of nitrogens with zero attached hydrogens (tertiary/aromatic N) is 3. The highest BCUT2D eigenvalue weighted by molar-refractivity contribution is 7.09. The quantitative estimate of drug-likeness (QED) is 0.832. The van der Waals surface area contributed by atoms with Gasteiger partial charge in [-0.3, -0.25) is 0 Å². The molecule has 0 N–H and O–H groups in total. The lowest BCUT2D eigenvalue weighted by Crippen LogP contribution is -2.16. The fourth-order valence-corrected chi connectivity index (χ4v) is 2.43. The predicted molar refractivity (Wildman–Crippen MR) is 70.1 cm³/mol. The molecule has 0 radical (unpaired) electrons. The second-order valence-corrected chi connectivity index (χ2v) is 4.82. The van der Waals surface area contributed by atoms with Gasteiger partial charge in [0.05, 0.1) is 29.4 Å². The zero-order valence-electron chi connectivity index (χ0n) is 9.84. The van der Waals surface area contributed by atoms with Crippen molar-refractivity contribution in [2.45, 2.75) is 13.5 Å². The number of benzene rings is 1. The number of rotatable bonds is 3. The van der Waals surface area contributed by atoms with Gasteiger partial charge in [0.15, 0.2) is 0 Å². The molecule has 4 heteroatoms. The Morgan fingerprint density at radius 3 is 2.94 bits per heavy atom. The average Bonchev–Trinajstić information content (AvgIpc) is 2.75. The summed E-state index contributed by atoms with van der Waals surface area (Å²) in [5.41, 5.74) is 4.69. The van der Waals surface area contributed by atoms with E-state index in [2.05, 4.69) is 16.0 Å². The summed E-state index contributed by atoms with van der Waals surface area (Å²) in [5.74, 6) is 0. The molecule has 0 amide bonds. The third kappa shape index (κ3) is 2.63. The maximum atomic E-state index is 8.87. The van der Waals surface area contributed by atoms with E-state index in [-0.39, 0.29) is 0 Å². The average molecular weight is 243 g/mol. The molecule has 0 unspecified atom stereocenters. The molecule has 86 valence electrons. The maximum Gasteiger partial charge on any atom is 0.0992 e. The van der Waals surface area contributed by atoms with Gasteiger partial charge < -0.3 is 4.90 Å². The highest BCUT2D eigenvalue weighted by atomic mass is 32.1. The first-order chi connectivity index (χ1) is 8.20. The number of thiazole rings is 1. The first-order valence-electron chi connectivity index (χ1n) is 5.31. The van der Waals surface area contributed by atoms with Crippen molar-refractivity contribution in [3.8, 4) is 6.07 Å². The van der Waals surface area contributed by atoms with E-state index in [0.717, 1.165) is 17.9 Å². The third-order valence-corrected chi connectivity index (χ3v) is 3.56. The number of hydrogen-bond acceptors (Lipinski definition) is 4. The Hall–Kier alpha value is -1.86. The van der Waals surface area contributed by atoms with Crippen LogP contribution in [0.3, 0.4) is 0 Å². The van der Waals surface area contributed by atoms with E-state index in [1.807, 2.05) is 43.7 Å². The van der Waals surface area contributed by atoms with Gasteiger partial charge in [-0.15, -0.1) is 11.3 Å². The van der Waals surface area contributed by atoms with Gasteiger partial charge in [-0.25, -0.2) is 4.98 Å². The molecule has 0 fully saturated rings. The van der Waals surface area contributed by atoms with Crippen molar-refractivity contribution in [2.75, 3.05) is 11.9 Å². The summed E-state index contributed by atoms with van der Waals surface area (Å²) in [4.78, 5) is 7.62. The van der Waals surface area contributed by atoms with Crippen molar-refractivity contribution in [1.82, 2.24) is 4.98 Å². The summed E-state index contributed by atoms with van der Waals surface area (Å²) in [5, 5.41) is 8.87. The number of hydrogen-bond donors (Lipinski definition) is 0. The fourth-order valence-electron chi connectivity index (χ4n) is 1.60. The smallest absolute Gasteiger partial charge is 0.0992 e. The first kappa shape index (κ1) is 11.6. The molecule has 0 saturated carbocycles. The van der Waals surface area contributed by atoms with E-state index in [1.165, 1.54) is 4.88 Å². The van der Waals surface area contributed by atoms with Crippen LogP contribution in [0.1, 0.15) is 16.1 Å². The van der Waals surface area contributed by atoms with Crippen LogP contribution in [-0.4, -0.2) is 12.0 Å². The van der Waals surface area contributed by atoms with Gasteiger partial charge in [0, 0.05) is 17.6 Å². The lowest BCUT2D eigenvalue weighted by Gasteiger charge is -2.18. The van der Waals surface area contributed by atoms with Gasteiger partial charge in [0.2, 0.25) is 0 Å². The van der Waals surface area contributed by atoms with Gasteiger partial charge in [-0.1, -0.05) is 6.07 Å². The molecule has 0 atom stereocenters. The minimum atomic E-state index is 0.690. The minimum Gasteiger partial charge on any atom is -0.369 e. The van der Waals surface area contributed by atoms with Crippen molar-refractivity contribution >= 4 is 17.0 Å². The van der Waals surface area contributed by atoms with Gasteiger partial charge in [0.25, 0.3) is 0 Å². The van der Waals surface area contributed by atoms with Crippen LogP contribution in [0.25, 0.3) is 0 Å². The normalized spacial score (nSPS) is 9.94. The van der Waals surface area contributed by atoms with Gasteiger partial charge >= 0.3 is 0 Å².